The quantitative estimate of drug-likeness (QED) is 0.809. The van der Waals surface area contributed by atoms with E-state index in [1.54, 1.807) is 28.0 Å². The Morgan fingerprint density at radius 2 is 1.38 bits per heavy atom. The number of aromatic nitrogens is 1. The molecule has 2 heterocycles. The molecule has 0 saturated carbocycles. The molecule has 0 atom stereocenters. The van der Waals surface area contributed by atoms with Gasteiger partial charge in [-0.05, 0) is 24.3 Å². The molecule has 9 heteroatoms. The molecule has 0 radical (unpaired) electrons. The number of nitrogens with zero attached hydrogens (tertiary/aromatic N) is 3. The second-order valence-corrected chi connectivity index (χ2v) is 6.42. The molecule has 1 aliphatic rings. The van der Waals surface area contributed by atoms with E-state index in [2.05, 4.69) is 4.98 Å². The Bertz CT molecular complexity index is 915. The lowest BCUT2D eigenvalue weighted by Gasteiger charge is -2.35. The first-order chi connectivity index (χ1) is 13.9. The Morgan fingerprint density at radius 3 is 1.86 bits per heavy atom. The number of methoxy groups -OCH3 is 2. The minimum atomic E-state index is -1.19. The molecule has 2 aromatic rings. The summed E-state index contributed by atoms with van der Waals surface area (Å²) in [5.74, 6) is -0.609. The van der Waals surface area contributed by atoms with Gasteiger partial charge in [-0.25, -0.2) is 9.78 Å². The number of amides is 2. The number of benzene rings is 1. The van der Waals surface area contributed by atoms with Crippen molar-refractivity contribution in [3.63, 3.8) is 0 Å². The highest BCUT2D eigenvalue weighted by molar-refractivity contribution is 5.97. The van der Waals surface area contributed by atoms with E-state index in [1.165, 1.54) is 32.5 Å². The minimum Gasteiger partial charge on any atom is -0.497 e. The summed E-state index contributed by atoms with van der Waals surface area (Å²) in [4.78, 5) is 43.5. The summed E-state index contributed by atoms with van der Waals surface area (Å²) in [6.45, 7) is 1.41. The number of pyridine rings is 1. The van der Waals surface area contributed by atoms with Crippen molar-refractivity contribution in [1.29, 1.82) is 0 Å². The van der Waals surface area contributed by atoms with Crippen LogP contribution in [0.4, 0.5) is 0 Å². The SMILES string of the molecule is COc1cc(OC)cc(C(=O)N2CCN(C(=O)c3ccnc(C(=O)O)c3)CC2)c1. The summed E-state index contributed by atoms with van der Waals surface area (Å²) in [7, 11) is 3.03. The molecule has 0 bridgehead atoms. The smallest absolute Gasteiger partial charge is 0.354 e. The van der Waals surface area contributed by atoms with Crippen LogP contribution in [-0.2, 0) is 0 Å². The number of hydrogen-bond donors (Lipinski definition) is 1. The lowest BCUT2D eigenvalue weighted by Crippen LogP contribution is -2.50. The maximum atomic E-state index is 12.8. The Balaban J connectivity index is 1.67. The van der Waals surface area contributed by atoms with E-state index in [0.29, 0.717) is 43.2 Å². The standard InChI is InChI=1S/C20H21N3O6/c1-28-15-9-14(10-16(12-15)29-2)19(25)23-7-5-22(6-8-23)18(24)13-3-4-21-17(11-13)20(26)27/h3-4,9-12H,5-8H2,1-2H3,(H,26,27). The number of ether oxygens (including phenoxy) is 2. The van der Waals surface area contributed by atoms with Gasteiger partial charge in [-0.1, -0.05) is 0 Å². The van der Waals surface area contributed by atoms with Crippen LogP contribution in [0.5, 0.6) is 11.5 Å². The molecule has 29 heavy (non-hydrogen) atoms. The summed E-state index contributed by atoms with van der Waals surface area (Å²) in [6, 6.07) is 7.71. The van der Waals surface area contributed by atoms with Gasteiger partial charge in [0.1, 0.15) is 17.2 Å². The van der Waals surface area contributed by atoms with Crippen molar-refractivity contribution < 1.29 is 29.0 Å². The number of rotatable bonds is 5. The molecular formula is C20H21N3O6. The lowest BCUT2D eigenvalue weighted by atomic mass is 10.1. The molecule has 3 rings (SSSR count). The Hall–Kier alpha value is -3.62. The van der Waals surface area contributed by atoms with Crippen LogP contribution in [0.25, 0.3) is 0 Å². The monoisotopic (exact) mass is 399 g/mol. The Kier molecular flexibility index (Phi) is 5.96. The van der Waals surface area contributed by atoms with Crippen LogP contribution < -0.4 is 9.47 Å². The van der Waals surface area contributed by atoms with Gasteiger partial charge in [0, 0.05) is 49.6 Å². The third-order valence-electron chi connectivity index (χ3n) is 4.68. The van der Waals surface area contributed by atoms with Crippen molar-refractivity contribution >= 4 is 17.8 Å². The van der Waals surface area contributed by atoms with Crippen LogP contribution in [-0.4, -0.2) is 78.1 Å². The average molecular weight is 399 g/mol. The van der Waals surface area contributed by atoms with E-state index in [-0.39, 0.29) is 23.1 Å². The highest BCUT2D eigenvalue weighted by Crippen LogP contribution is 2.24. The van der Waals surface area contributed by atoms with E-state index in [9.17, 15) is 14.4 Å². The largest absolute Gasteiger partial charge is 0.497 e. The van der Waals surface area contributed by atoms with E-state index in [0.717, 1.165) is 0 Å². The number of carboxylic acid groups (broad SMARTS) is 1. The predicted octanol–water partition coefficient (Wildman–Crippen LogP) is 1.40. The van der Waals surface area contributed by atoms with Gasteiger partial charge in [0.15, 0.2) is 0 Å². The van der Waals surface area contributed by atoms with Crippen LogP contribution in [0.15, 0.2) is 36.5 Å². The van der Waals surface area contributed by atoms with Crippen molar-refractivity contribution in [1.82, 2.24) is 14.8 Å². The summed E-state index contributed by atoms with van der Waals surface area (Å²) in [5, 5.41) is 9.03. The molecule has 0 unspecified atom stereocenters. The number of piperazine rings is 1. The number of carboxylic acids is 1. The normalized spacial score (nSPS) is 13.7. The number of carbonyl (C=O) groups excluding carboxylic acids is 2. The average Bonchev–Trinajstić information content (AvgIpc) is 2.77. The molecule has 1 aromatic heterocycles. The van der Waals surface area contributed by atoms with Crippen molar-refractivity contribution in [2.24, 2.45) is 0 Å². The van der Waals surface area contributed by atoms with Gasteiger partial charge < -0.3 is 24.4 Å². The zero-order valence-corrected chi connectivity index (χ0v) is 16.1. The van der Waals surface area contributed by atoms with Crippen molar-refractivity contribution in [2.45, 2.75) is 0 Å². The molecule has 1 fully saturated rings. The fraction of sp³-hybridized carbons (Fsp3) is 0.300. The maximum absolute atomic E-state index is 12.8. The number of carbonyl (C=O) groups is 3. The lowest BCUT2D eigenvalue weighted by molar-refractivity contribution is 0.0535. The van der Waals surface area contributed by atoms with Crippen molar-refractivity contribution in [3.8, 4) is 11.5 Å². The summed E-state index contributed by atoms with van der Waals surface area (Å²) in [6.07, 6.45) is 1.30. The van der Waals surface area contributed by atoms with Gasteiger partial charge in [-0.2, -0.15) is 0 Å². The molecule has 0 aliphatic carbocycles. The second kappa shape index (κ2) is 8.59. The van der Waals surface area contributed by atoms with E-state index >= 15 is 0 Å². The third-order valence-corrected chi connectivity index (χ3v) is 4.68. The highest BCUT2D eigenvalue weighted by Gasteiger charge is 2.26. The Labute approximate surface area is 167 Å². The molecule has 1 aliphatic heterocycles. The Morgan fingerprint density at radius 1 is 0.862 bits per heavy atom. The van der Waals surface area contributed by atoms with Gasteiger partial charge in [0.05, 0.1) is 14.2 Å². The van der Waals surface area contributed by atoms with Gasteiger partial charge in [-0.3, -0.25) is 9.59 Å². The van der Waals surface area contributed by atoms with Crippen molar-refractivity contribution in [3.05, 3.63) is 53.3 Å². The second-order valence-electron chi connectivity index (χ2n) is 6.42. The van der Waals surface area contributed by atoms with E-state index in [4.69, 9.17) is 14.6 Å². The van der Waals surface area contributed by atoms with E-state index < -0.39 is 5.97 Å². The van der Waals surface area contributed by atoms with Gasteiger partial charge >= 0.3 is 5.97 Å². The molecule has 2 amide bonds. The van der Waals surface area contributed by atoms with Gasteiger partial charge in [0.25, 0.3) is 11.8 Å². The maximum Gasteiger partial charge on any atom is 0.354 e. The fourth-order valence-electron chi connectivity index (χ4n) is 3.09. The summed E-state index contributed by atoms with van der Waals surface area (Å²) < 4.78 is 10.4. The van der Waals surface area contributed by atoms with Crippen LogP contribution in [0.2, 0.25) is 0 Å². The first kappa shape index (κ1) is 20.1. The van der Waals surface area contributed by atoms with E-state index in [1.807, 2.05) is 0 Å². The first-order valence-electron chi connectivity index (χ1n) is 8.94. The van der Waals surface area contributed by atoms with Crippen LogP contribution >= 0.6 is 0 Å². The molecule has 9 nitrogen and oxygen atoms in total. The third kappa shape index (κ3) is 4.45. The summed E-state index contributed by atoms with van der Waals surface area (Å²) >= 11 is 0. The molecule has 0 spiro atoms. The predicted molar refractivity (Wildman–Crippen MR) is 103 cm³/mol. The zero-order valence-electron chi connectivity index (χ0n) is 16.1. The van der Waals surface area contributed by atoms with Gasteiger partial charge in [-0.15, -0.1) is 0 Å². The molecule has 1 N–H and O–H groups in total. The van der Waals surface area contributed by atoms with Gasteiger partial charge in [0.2, 0.25) is 0 Å². The molecule has 152 valence electrons. The topological polar surface area (TPSA) is 109 Å². The number of hydrogen-bond acceptors (Lipinski definition) is 6. The molecular weight excluding hydrogens is 378 g/mol. The molecule has 1 aromatic carbocycles. The van der Waals surface area contributed by atoms with Crippen molar-refractivity contribution in [2.75, 3.05) is 40.4 Å². The number of aromatic carboxylic acids is 1. The van der Waals surface area contributed by atoms with Crippen LogP contribution in [0.3, 0.4) is 0 Å². The van der Waals surface area contributed by atoms with Crippen LogP contribution in [0.1, 0.15) is 31.2 Å². The zero-order chi connectivity index (χ0) is 21.0. The minimum absolute atomic E-state index is 0.175. The fourth-order valence-corrected chi connectivity index (χ4v) is 3.09. The molecule has 1 saturated heterocycles. The first-order valence-corrected chi connectivity index (χ1v) is 8.94. The summed E-state index contributed by atoms with van der Waals surface area (Å²) in [5.41, 5.74) is 0.521. The highest BCUT2D eigenvalue weighted by atomic mass is 16.5. The van der Waals surface area contributed by atoms with Crippen LogP contribution in [0, 0.1) is 0 Å².